The molecule has 2 aromatic rings. The molecule has 0 saturated heterocycles. The van der Waals surface area contributed by atoms with Crippen molar-refractivity contribution in [2.24, 2.45) is 7.05 Å². The number of hydrogen-bond donors (Lipinski definition) is 0. The molecule has 0 bridgehead atoms. The van der Waals surface area contributed by atoms with E-state index in [2.05, 4.69) is 0 Å². The molecule has 0 aliphatic heterocycles. The molecule has 0 atom stereocenters. The van der Waals surface area contributed by atoms with Gasteiger partial charge in [-0.15, -0.1) is 0 Å². The molecular formula is C10H7Cl2NO. The molecule has 1 aromatic heterocycles. The third-order valence-electron chi connectivity index (χ3n) is 2.25. The molecule has 0 aliphatic rings. The van der Waals surface area contributed by atoms with Gasteiger partial charge in [0.25, 0.3) is 0 Å². The minimum atomic E-state index is 0.420. The normalized spacial score (nSPS) is 10.8. The quantitative estimate of drug-likeness (QED) is 0.686. The maximum absolute atomic E-state index is 10.8. The molecule has 1 aromatic carbocycles. The molecule has 0 aliphatic carbocycles. The molecule has 0 saturated carbocycles. The number of benzene rings is 1. The van der Waals surface area contributed by atoms with Gasteiger partial charge in [0.2, 0.25) is 0 Å². The van der Waals surface area contributed by atoms with Gasteiger partial charge in [0.1, 0.15) is 5.15 Å². The van der Waals surface area contributed by atoms with Gasteiger partial charge < -0.3 is 4.57 Å². The summed E-state index contributed by atoms with van der Waals surface area (Å²) in [6, 6.07) is 5.40. The molecule has 0 fully saturated rings. The summed E-state index contributed by atoms with van der Waals surface area (Å²) in [7, 11) is 1.78. The van der Waals surface area contributed by atoms with Crippen molar-refractivity contribution in [3.05, 3.63) is 33.9 Å². The lowest BCUT2D eigenvalue weighted by atomic mass is 10.2. The van der Waals surface area contributed by atoms with Crippen LogP contribution in [0.3, 0.4) is 0 Å². The SMILES string of the molecule is Cn1c(Cl)c(C=O)c2cccc(Cl)c21. The fraction of sp³-hybridized carbons (Fsp3) is 0.100. The van der Waals surface area contributed by atoms with Gasteiger partial charge in [0, 0.05) is 12.4 Å². The minimum absolute atomic E-state index is 0.420. The molecule has 0 amide bonds. The smallest absolute Gasteiger partial charge is 0.153 e. The molecule has 2 nitrogen and oxygen atoms in total. The zero-order valence-electron chi connectivity index (χ0n) is 7.42. The Hall–Kier alpha value is -0.990. The van der Waals surface area contributed by atoms with Crippen LogP contribution in [-0.2, 0) is 7.05 Å². The standard InChI is InChI=1S/C10H7Cl2NO/c1-13-9-6(3-2-4-8(9)11)7(5-14)10(13)12/h2-5H,1H3. The van der Waals surface area contributed by atoms with Crippen LogP contribution in [-0.4, -0.2) is 10.9 Å². The van der Waals surface area contributed by atoms with E-state index in [9.17, 15) is 4.79 Å². The number of aldehydes is 1. The van der Waals surface area contributed by atoms with E-state index in [1.807, 2.05) is 6.07 Å². The highest BCUT2D eigenvalue weighted by Crippen LogP contribution is 2.32. The van der Waals surface area contributed by atoms with E-state index in [1.165, 1.54) is 0 Å². The Morgan fingerprint density at radius 3 is 2.71 bits per heavy atom. The molecular weight excluding hydrogens is 221 g/mol. The highest BCUT2D eigenvalue weighted by molar-refractivity contribution is 6.38. The van der Waals surface area contributed by atoms with E-state index < -0.39 is 0 Å². The number of halogens is 2. The Morgan fingerprint density at radius 2 is 2.07 bits per heavy atom. The summed E-state index contributed by atoms with van der Waals surface area (Å²) in [4.78, 5) is 10.8. The first-order chi connectivity index (χ1) is 6.66. The predicted octanol–water partition coefficient (Wildman–Crippen LogP) is 3.30. The van der Waals surface area contributed by atoms with Gasteiger partial charge in [0.15, 0.2) is 6.29 Å². The van der Waals surface area contributed by atoms with Crippen molar-refractivity contribution in [3.63, 3.8) is 0 Å². The lowest BCUT2D eigenvalue weighted by Crippen LogP contribution is -1.87. The molecule has 0 radical (unpaired) electrons. The summed E-state index contributed by atoms with van der Waals surface area (Å²) >= 11 is 12.0. The van der Waals surface area contributed by atoms with Crippen LogP contribution in [0.1, 0.15) is 10.4 Å². The van der Waals surface area contributed by atoms with Gasteiger partial charge >= 0.3 is 0 Å². The molecule has 1 heterocycles. The summed E-state index contributed by atoms with van der Waals surface area (Å²) in [5.41, 5.74) is 1.29. The maximum Gasteiger partial charge on any atom is 0.153 e. The average Bonchev–Trinajstić information content (AvgIpc) is 2.41. The van der Waals surface area contributed by atoms with Gasteiger partial charge in [0.05, 0.1) is 16.1 Å². The van der Waals surface area contributed by atoms with Crippen molar-refractivity contribution in [1.82, 2.24) is 4.57 Å². The van der Waals surface area contributed by atoms with Crippen LogP contribution in [0, 0.1) is 0 Å². The maximum atomic E-state index is 10.8. The van der Waals surface area contributed by atoms with E-state index >= 15 is 0 Å². The second kappa shape index (κ2) is 3.30. The second-order valence-corrected chi connectivity index (χ2v) is 3.78. The van der Waals surface area contributed by atoms with Crippen molar-refractivity contribution in [2.45, 2.75) is 0 Å². The van der Waals surface area contributed by atoms with Crippen LogP contribution in [0.25, 0.3) is 10.9 Å². The van der Waals surface area contributed by atoms with Gasteiger partial charge in [-0.05, 0) is 6.07 Å². The van der Waals surface area contributed by atoms with Crippen LogP contribution in [0.4, 0.5) is 0 Å². The molecule has 0 unspecified atom stereocenters. The molecule has 72 valence electrons. The van der Waals surface area contributed by atoms with E-state index in [-0.39, 0.29) is 0 Å². The number of carbonyl (C=O) groups is 1. The highest BCUT2D eigenvalue weighted by Gasteiger charge is 2.14. The third-order valence-corrected chi connectivity index (χ3v) is 3.01. The van der Waals surface area contributed by atoms with Gasteiger partial charge in [-0.2, -0.15) is 0 Å². The number of aromatic nitrogens is 1. The Labute approximate surface area is 91.0 Å². The average molecular weight is 228 g/mol. The van der Waals surface area contributed by atoms with Gasteiger partial charge in [-0.25, -0.2) is 0 Å². The van der Waals surface area contributed by atoms with Gasteiger partial charge in [-0.3, -0.25) is 4.79 Å². The molecule has 2 rings (SSSR count). The number of para-hydroxylation sites is 1. The van der Waals surface area contributed by atoms with Crippen molar-refractivity contribution < 1.29 is 4.79 Å². The fourth-order valence-electron chi connectivity index (χ4n) is 1.58. The Bertz CT molecular complexity index is 516. The number of aryl methyl sites for hydroxylation is 1. The molecule has 14 heavy (non-hydrogen) atoms. The predicted molar refractivity (Wildman–Crippen MR) is 58.3 cm³/mol. The number of rotatable bonds is 1. The largest absolute Gasteiger partial charge is 0.333 e. The Morgan fingerprint density at radius 1 is 1.36 bits per heavy atom. The molecule has 4 heteroatoms. The van der Waals surface area contributed by atoms with E-state index in [0.717, 1.165) is 17.2 Å². The van der Waals surface area contributed by atoms with Crippen LogP contribution in [0.15, 0.2) is 18.2 Å². The van der Waals surface area contributed by atoms with Crippen molar-refractivity contribution in [2.75, 3.05) is 0 Å². The molecule has 0 spiro atoms. The van der Waals surface area contributed by atoms with Gasteiger partial charge in [-0.1, -0.05) is 35.3 Å². The number of carbonyl (C=O) groups excluding carboxylic acids is 1. The highest BCUT2D eigenvalue weighted by atomic mass is 35.5. The van der Waals surface area contributed by atoms with E-state index in [4.69, 9.17) is 23.2 Å². The zero-order chi connectivity index (χ0) is 10.3. The number of hydrogen-bond acceptors (Lipinski definition) is 1. The Balaban J connectivity index is 3.02. The summed E-state index contributed by atoms with van der Waals surface area (Å²) in [5.74, 6) is 0. The van der Waals surface area contributed by atoms with E-state index in [0.29, 0.717) is 15.7 Å². The van der Waals surface area contributed by atoms with Crippen LogP contribution in [0.5, 0.6) is 0 Å². The lowest BCUT2D eigenvalue weighted by Gasteiger charge is -1.98. The van der Waals surface area contributed by atoms with Crippen molar-refractivity contribution in [3.8, 4) is 0 Å². The first-order valence-electron chi connectivity index (χ1n) is 4.04. The monoisotopic (exact) mass is 227 g/mol. The summed E-state index contributed by atoms with van der Waals surface area (Å²) in [6.45, 7) is 0. The lowest BCUT2D eigenvalue weighted by molar-refractivity contribution is 0.112. The Kier molecular flexibility index (Phi) is 2.25. The topological polar surface area (TPSA) is 22.0 Å². The summed E-state index contributed by atoms with van der Waals surface area (Å²) in [6.07, 6.45) is 0.751. The summed E-state index contributed by atoms with van der Waals surface area (Å²) < 4.78 is 1.71. The van der Waals surface area contributed by atoms with E-state index in [1.54, 1.807) is 23.7 Å². The molecule has 0 N–H and O–H groups in total. The van der Waals surface area contributed by atoms with Crippen molar-refractivity contribution >= 4 is 40.4 Å². The third kappa shape index (κ3) is 1.15. The minimum Gasteiger partial charge on any atom is -0.333 e. The van der Waals surface area contributed by atoms with Crippen molar-refractivity contribution in [1.29, 1.82) is 0 Å². The zero-order valence-corrected chi connectivity index (χ0v) is 8.93. The second-order valence-electron chi connectivity index (χ2n) is 3.02. The number of fused-ring (bicyclic) bond motifs is 1. The fourth-order valence-corrected chi connectivity index (χ4v) is 2.11. The number of nitrogens with zero attached hydrogens (tertiary/aromatic N) is 1. The van der Waals surface area contributed by atoms with Crippen LogP contribution in [0.2, 0.25) is 10.2 Å². The van der Waals surface area contributed by atoms with Crippen LogP contribution >= 0.6 is 23.2 Å². The van der Waals surface area contributed by atoms with Crippen LogP contribution < -0.4 is 0 Å². The summed E-state index contributed by atoms with van der Waals surface area (Å²) in [5, 5.41) is 1.81. The first-order valence-corrected chi connectivity index (χ1v) is 4.80. The first kappa shape index (κ1) is 9.56.